The molecule has 0 spiro atoms. The molecule has 0 saturated carbocycles. The van der Waals surface area contributed by atoms with Gasteiger partial charge in [0.1, 0.15) is 0 Å². The van der Waals surface area contributed by atoms with Crippen molar-refractivity contribution in [3.8, 4) is 11.5 Å². The number of rotatable bonds is 5. The molecule has 3 aromatic rings. The molecule has 4 rings (SSSR count). The molecule has 0 bridgehead atoms. The number of para-hydroxylation sites is 1. The molecule has 2 heterocycles. The number of piperidine rings is 1. The van der Waals surface area contributed by atoms with Gasteiger partial charge in [0, 0.05) is 36.1 Å². The Morgan fingerprint density at radius 2 is 1.80 bits per heavy atom. The lowest BCUT2D eigenvalue weighted by atomic mass is 9.95. The average molecular weight is 408 g/mol. The van der Waals surface area contributed by atoms with E-state index in [2.05, 4.69) is 15.5 Å². The van der Waals surface area contributed by atoms with Crippen molar-refractivity contribution < 1.29 is 19.1 Å². The smallest absolute Gasteiger partial charge is 0.274 e. The zero-order valence-electron chi connectivity index (χ0n) is 17.0. The lowest BCUT2D eigenvalue weighted by Crippen LogP contribution is -2.41. The Balaban J connectivity index is 1.37. The molecular formula is C22H24N4O4. The number of carbonyl (C=O) groups is 2. The molecule has 0 aliphatic carbocycles. The number of benzene rings is 2. The summed E-state index contributed by atoms with van der Waals surface area (Å²) in [6, 6.07) is 12.8. The van der Waals surface area contributed by atoms with Crippen molar-refractivity contribution in [2.45, 2.75) is 12.8 Å². The number of aromatic amines is 1. The molecule has 1 aromatic heterocycles. The second-order valence-corrected chi connectivity index (χ2v) is 7.24. The van der Waals surface area contributed by atoms with Crippen molar-refractivity contribution in [1.82, 2.24) is 15.1 Å². The van der Waals surface area contributed by atoms with Crippen LogP contribution in [0.2, 0.25) is 0 Å². The molecule has 8 heteroatoms. The first kappa shape index (κ1) is 19.8. The first-order chi connectivity index (χ1) is 14.6. The summed E-state index contributed by atoms with van der Waals surface area (Å²) in [5.74, 6) is 0.846. The van der Waals surface area contributed by atoms with Crippen LogP contribution in [0.4, 0.5) is 5.69 Å². The Hall–Kier alpha value is -3.55. The minimum atomic E-state index is -0.155. The number of anilines is 1. The summed E-state index contributed by atoms with van der Waals surface area (Å²) in [6.45, 7) is 1.04. The van der Waals surface area contributed by atoms with E-state index in [9.17, 15) is 9.59 Å². The minimum absolute atomic E-state index is 0.0560. The lowest BCUT2D eigenvalue weighted by Gasteiger charge is -2.31. The largest absolute Gasteiger partial charge is 0.493 e. The number of amides is 2. The van der Waals surface area contributed by atoms with E-state index in [-0.39, 0.29) is 17.7 Å². The number of nitrogens with zero attached hydrogens (tertiary/aromatic N) is 2. The van der Waals surface area contributed by atoms with Crippen molar-refractivity contribution >= 4 is 28.4 Å². The highest BCUT2D eigenvalue weighted by Gasteiger charge is 2.29. The molecule has 2 N–H and O–H groups in total. The molecular weight excluding hydrogens is 384 g/mol. The van der Waals surface area contributed by atoms with Crippen LogP contribution in [0, 0.1) is 5.92 Å². The van der Waals surface area contributed by atoms with Gasteiger partial charge in [0.05, 0.1) is 19.7 Å². The molecule has 1 aliphatic heterocycles. The highest BCUT2D eigenvalue weighted by atomic mass is 16.5. The van der Waals surface area contributed by atoms with Crippen molar-refractivity contribution in [3.05, 3.63) is 48.2 Å². The Morgan fingerprint density at radius 1 is 1.07 bits per heavy atom. The van der Waals surface area contributed by atoms with E-state index in [1.807, 2.05) is 24.3 Å². The van der Waals surface area contributed by atoms with Crippen molar-refractivity contribution in [1.29, 1.82) is 0 Å². The van der Waals surface area contributed by atoms with E-state index in [0.29, 0.717) is 48.8 Å². The Labute approximate surface area is 174 Å². The SMILES string of the molecule is COc1ccc(NC(=O)C2CCN(C(=O)c3n[nH]c4ccccc34)CC2)cc1OC. The molecule has 30 heavy (non-hydrogen) atoms. The predicted octanol–water partition coefficient (Wildman–Crippen LogP) is 3.07. The third-order valence-corrected chi connectivity index (χ3v) is 5.48. The molecule has 8 nitrogen and oxygen atoms in total. The van der Waals surface area contributed by atoms with Gasteiger partial charge in [-0.1, -0.05) is 18.2 Å². The fourth-order valence-electron chi connectivity index (χ4n) is 3.78. The number of nitrogens with one attached hydrogen (secondary N) is 2. The number of hydrogen-bond donors (Lipinski definition) is 2. The second-order valence-electron chi connectivity index (χ2n) is 7.24. The normalized spacial score (nSPS) is 14.5. The van der Waals surface area contributed by atoms with Gasteiger partial charge in [0.25, 0.3) is 5.91 Å². The van der Waals surface area contributed by atoms with Gasteiger partial charge in [-0.05, 0) is 31.0 Å². The number of carbonyl (C=O) groups excluding carboxylic acids is 2. The van der Waals surface area contributed by atoms with Gasteiger partial charge >= 0.3 is 0 Å². The van der Waals surface area contributed by atoms with Crippen LogP contribution >= 0.6 is 0 Å². The summed E-state index contributed by atoms with van der Waals surface area (Å²) in [4.78, 5) is 27.4. The van der Waals surface area contributed by atoms with Crippen molar-refractivity contribution in [2.24, 2.45) is 5.92 Å². The van der Waals surface area contributed by atoms with Crippen molar-refractivity contribution in [3.63, 3.8) is 0 Å². The summed E-state index contributed by atoms with van der Waals surface area (Å²) in [5.41, 5.74) is 1.92. The Kier molecular flexibility index (Phi) is 5.56. The molecule has 2 amide bonds. The molecule has 1 aliphatic rings. The van der Waals surface area contributed by atoms with Crippen LogP contribution in [0.3, 0.4) is 0 Å². The molecule has 1 saturated heterocycles. The van der Waals surface area contributed by atoms with Gasteiger partial charge in [0.15, 0.2) is 17.2 Å². The maximum absolute atomic E-state index is 12.9. The van der Waals surface area contributed by atoms with Crippen molar-refractivity contribution in [2.75, 3.05) is 32.6 Å². The van der Waals surface area contributed by atoms with E-state index in [4.69, 9.17) is 9.47 Å². The fraction of sp³-hybridized carbons (Fsp3) is 0.318. The topological polar surface area (TPSA) is 96.5 Å². The monoisotopic (exact) mass is 408 g/mol. The summed E-state index contributed by atoms with van der Waals surface area (Å²) in [5, 5.41) is 10.8. The highest BCUT2D eigenvalue weighted by molar-refractivity contribution is 6.04. The number of ether oxygens (including phenoxy) is 2. The third-order valence-electron chi connectivity index (χ3n) is 5.48. The van der Waals surface area contributed by atoms with Gasteiger partial charge in [-0.3, -0.25) is 14.7 Å². The number of H-pyrrole nitrogens is 1. The van der Waals surface area contributed by atoms with E-state index in [1.54, 1.807) is 37.3 Å². The number of hydrogen-bond acceptors (Lipinski definition) is 5. The van der Waals surface area contributed by atoms with Gasteiger partial charge in [0.2, 0.25) is 5.91 Å². The molecule has 2 aromatic carbocycles. The Morgan fingerprint density at radius 3 is 2.53 bits per heavy atom. The van der Waals surface area contributed by atoms with Crippen LogP contribution in [0.25, 0.3) is 10.9 Å². The lowest BCUT2D eigenvalue weighted by molar-refractivity contribution is -0.121. The number of aromatic nitrogens is 2. The van der Waals surface area contributed by atoms with Gasteiger partial charge in [-0.2, -0.15) is 5.10 Å². The molecule has 0 atom stereocenters. The zero-order chi connectivity index (χ0) is 21.1. The van der Waals surface area contributed by atoms with Gasteiger partial charge < -0.3 is 19.7 Å². The van der Waals surface area contributed by atoms with Crippen LogP contribution in [0.1, 0.15) is 23.3 Å². The Bertz CT molecular complexity index is 1070. The van der Waals surface area contributed by atoms with Crippen LogP contribution in [0.15, 0.2) is 42.5 Å². The van der Waals surface area contributed by atoms with Gasteiger partial charge in [-0.25, -0.2) is 0 Å². The molecule has 1 fully saturated rings. The molecule has 156 valence electrons. The summed E-state index contributed by atoms with van der Waals surface area (Å²) < 4.78 is 10.5. The summed E-state index contributed by atoms with van der Waals surface area (Å²) in [7, 11) is 3.12. The maximum atomic E-state index is 12.9. The van der Waals surface area contributed by atoms with E-state index >= 15 is 0 Å². The summed E-state index contributed by atoms with van der Waals surface area (Å²) >= 11 is 0. The minimum Gasteiger partial charge on any atom is -0.493 e. The first-order valence-corrected chi connectivity index (χ1v) is 9.86. The van der Waals surface area contributed by atoms with Gasteiger partial charge in [-0.15, -0.1) is 0 Å². The van der Waals surface area contributed by atoms with Crippen LogP contribution in [-0.2, 0) is 4.79 Å². The van der Waals surface area contributed by atoms with E-state index in [0.717, 1.165) is 10.9 Å². The quantitative estimate of drug-likeness (QED) is 0.676. The molecule has 0 radical (unpaired) electrons. The van der Waals surface area contributed by atoms with E-state index in [1.165, 1.54) is 0 Å². The average Bonchev–Trinajstić information content (AvgIpc) is 3.22. The highest BCUT2D eigenvalue weighted by Crippen LogP contribution is 2.30. The number of methoxy groups -OCH3 is 2. The molecule has 0 unspecified atom stereocenters. The zero-order valence-corrected chi connectivity index (χ0v) is 17.0. The standard InChI is InChI=1S/C22H24N4O4/c1-29-18-8-7-15(13-19(18)30-2)23-21(27)14-9-11-26(12-10-14)22(28)20-16-5-3-4-6-17(16)24-25-20/h3-8,13-14H,9-12H2,1-2H3,(H,23,27)(H,24,25). The fourth-order valence-corrected chi connectivity index (χ4v) is 3.78. The maximum Gasteiger partial charge on any atom is 0.274 e. The first-order valence-electron chi connectivity index (χ1n) is 9.86. The number of fused-ring (bicyclic) bond motifs is 1. The van der Waals surface area contributed by atoms with Crippen LogP contribution in [-0.4, -0.2) is 54.2 Å². The predicted molar refractivity (Wildman–Crippen MR) is 113 cm³/mol. The van der Waals surface area contributed by atoms with Crippen LogP contribution in [0.5, 0.6) is 11.5 Å². The number of likely N-dealkylation sites (tertiary alicyclic amines) is 1. The van der Waals surface area contributed by atoms with E-state index < -0.39 is 0 Å². The second kappa shape index (κ2) is 8.44. The van der Waals surface area contributed by atoms with Crippen LogP contribution < -0.4 is 14.8 Å². The third kappa shape index (κ3) is 3.80. The summed E-state index contributed by atoms with van der Waals surface area (Å²) in [6.07, 6.45) is 1.21.